The summed E-state index contributed by atoms with van der Waals surface area (Å²) in [5, 5.41) is 8.61. The van der Waals surface area contributed by atoms with Crippen molar-refractivity contribution in [3.05, 3.63) is 82.3 Å². The molecular formula is C19H14ClN3OS. The Morgan fingerprint density at radius 3 is 2.64 bits per heavy atom. The second-order valence-electron chi connectivity index (χ2n) is 5.58. The molecule has 4 rings (SSSR count). The number of thiophene rings is 1. The van der Waals surface area contributed by atoms with E-state index < -0.39 is 0 Å². The maximum absolute atomic E-state index is 12.5. The molecule has 2 aromatic heterocycles. The fourth-order valence-corrected chi connectivity index (χ4v) is 4.03. The molecule has 0 atom stereocenters. The van der Waals surface area contributed by atoms with Crippen LogP contribution in [0.1, 0.15) is 15.2 Å². The molecule has 0 spiro atoms. The predicted octanol–water partition coefficient (Wildman–Crippen LogP) is 5.05. The van der Waals surface area contributed by atoms with E-state index in [9.17, 15) is 4.79 Å². The van der Waals surface area contributed by atoms with Gasteiger partial charge in [0.05, 0.1) is 11.6 Å². The van der Waals surface area contributed by atoms with Crippen molar-refractivity contribution < 1.29 is 4.79 Å². The molecule has 0 radical (unpaired) electrons. The summed E-state index contributed by atoms with van der Waals surface area (Å²) in [7, 11) is 0. The van der Waals surface area contributed by atoms with Gasteiger partial charge in [0, 0.05) is 22.3 Å². The van der Waals surface area contributed by atoms with Crippen LogP contribution in [0.5, 0.6) is 0 Å². The molecule has 1 N–H and O–H groups in total. The van der Waals surface area contributed by atoms with Gasteiger partial charge in [-0.3, -0.25) is 9.48 Å². The molecule has 0 saturated carbocycles. The highest BCUT2D eigenvalue weighted by molar-refractivity contribution is 7.21. The highest BCUT2D eigenvalue weighted by Gasteiger charge is 2.17. The van der Waals surface area contributed by atoms with E-state index in [4.69, 9.17) is 11.6 Å². The molecule has 0 bridgehead atoms. The normalized spacial score (nSPS) is 10.9. The second-order valence-corrected chi connectivity index (χ2v) is 7.01. The molecule has 2 aromatic carbocycles. The molecule has 0 saturated heterocycles. The third-order valence-corrected chi connectivity index (χ3v) is 5.48. The minimum Gasteiger partial charge on any atom is -0.304 e. The zero-order valence-electron chi connectivity index (χ0n) is 13.1. The largest absolute Gasteiger partial charge is 0.304 e. The summed E-state index contributed by atoms with van der Waals surface area (Å²) in [5.41, 5.74) is 1.15. The van der Waals surface area contributed by atoms with E-state index in [2.05, 4.69) is 10.4 Å². The van der Waals surface area contributed by atoms with E-state index in [1.807, 2.05) is 60.8 Å². The van der Waals surface area contributed by atoms with Crippen LogP contribution in [0.3, 0.4) is 0 Å². The number of hydrogen-bond acceptors (Lipinski definition) is 3. The summed E-state index contributed by atoms with van der Waals surface area (Å²) in [6.07, 6.45) is 1.84. The number of rotatable bonds is 4. The van der Waals surface area contributed by atoms with E-state index >= 15 is 0 Å². The summed E-state index contributed by atoms with van der Waals surface area (Å²) < 4.78 is 2.78. The van der Waals surface area contributed by atoms with Crippen molar-refractivity contribution in [3.63, 3.8) is 0 Å². The number of halogens is 1. The maximum Gasteiger partial charge on any atom is 0.268 e. The van der Waals surface area contributed by atoms with Crippen LogP contribution in [-0.4, -0.2) is 15.7 Å². The van der Waals surface area contributed by atoms with Crippen molar-refractivity contribution in [1.29, 1.82) is 0 Å². The van der Waals surface area contributed by atoms with E-state index in [0.29, 0.717) is 22.3 Å². The van der Waals surface area contributed by atoms with Gasteiger partial charge in [-0.25, -0.2) is 0 Å². The lowest BCUT2D eigenvalue weighted by atomic mass is 10.2. The van der Waals surface area contributed by atoms with Gasteiger partial charge in [-0.2, -0.15) is 5.10 Å². The van der Waals surface area contributed by atoms with Crippen molar-refractivity contribution in [2.45, 2.75) is 6.54 Å². The minimum atomic E-state index is -0.240. The number of amides is 1. The van der Waals surface area contributed by atoms with Crippen LogP contribution >= 0.6 is 22.9 Å². The molecule has 0 unspecified atom stereocenters. The quantitative estimate of drug-likeness (QED) is 0.548. The van der Waals surface area contributed by atoms with Gasteiger partial charge in [0.1, 0.15) is 4.88 Å². The smallest absolute Gasteiger partial charge is 0.268 e. The van der Waals surface area contributed by atoms with E-state index in [1.165, 1.54) is 11.3 Å². The number of hydrogen-bond donors (Lipinski definition) is 1. The molecule has 2 heterocycles. The number of nitrogens with zero attached hydrogens (tertiary/aromatic N) is 2. The molecule has 4 nitrogen and oxygen atoms in total. The fourth-order valence-electron chi connectivity index (χ4n) is 2.62. The molecule has 6 heteroatoms. The highest BCUT2D eigenvalue weighted by Crippen LogP contribution is 2.35. The summed E-state index contributed by atoms with van der Waals surface area (Å²) in [4.78, 5) is 13.0. The predicted molar refractivity (Wildman–Crippen MR) is 103 cm³/mol. The first kappa shape index (κ1) is 15.9. The van der Waals surface area contributed by atoms with Crippen molar-refractivity contribution in [1.82, 2.24) is 9.78 Å². The molecule has 4 aromatic rings. The molecule has 0 fully saturated rings. The fraction of sp³-hybridized carbons (Fsp3) is 0.0526. The number of fused-ring (bicyclic) bond motifs is 1. The average Bonchev–Trinajstić information content (AvgIpc) is 3.20. The van der Waals surface area contributed by atoms with Crippen LogP contribution in [0.4, 0.5) is 5.82 Å². The van der Waals surface area contributed by atoms with Gasteiger partial charge in [-0.05, 0) is 11.6 Å². The summed E-state index contributed by atoms with van der Waals surface area (Å²) in [6, 6.07) is 19.5. The Labute approximate surface area is 153 Å². The minimum absolute atomic E-state index is 0.240. The highest BCUT2D eigenvalue weighted by atomic mass is 35.5. The Morgan fingerprint density at radius 1 is 1.08 bits per heavy atom. The van der Waals surface area contributed by atoms with E-state index in [0.717, 1.165) is 15.6 Å². The van der Waals surface area contributed by atoms with E-state index in [1.54, 1.807) is 10.7 Å². The van der Waals surface area contributed by atoms with Gasteiger partial charge in [-0.15, -0.1) is 11.3 Å². The number of nitrogens with one attached hydrogen (secondary N) is 1. The number of carbonyl (C=O) groups excluding carboxylic acids is 1. The van der Waals surface area contributed by atoms with Gasteiger partial charge in [0.15, 0.2) is 5.82 Å². The number of anilines is 1. The van der Waals surface area contributed by atoms with Gasteiger partial charge < -0.3 is 5.32 Å². The first-order chi connectivity index (χ1) is 12.2. The second kappa shape index (κ2) is 6.70. The standard InChI is InChI=1S/C19H14ClN3OS/c20-17-14-8-4-5-9-15(14)25-18(17)19(24)21-16-10-11-23(22-16)12-13-6-2-1-3-7-13/h1-11H,12H2,(H,21,22,24). The van der Waals surface area contributed by atoms with E-state index in [-0.39, 0.29) is 5.91 Å². The lowest BCUT2D eigenvalue weighted by Crippen LogP contribution is -2.11. The first-order valence-electron chi connectivity index (χ1n) is 7.76. The van der Waals surface area contributed by atoms with Gasteiger partial charge in [0.25, 0.3) is 5.91 Å². The Kier molecular flexibility index (Phi) is 4.26. The Hall–Kier alpha value is -2.63. The van der Waals surface area contributed by atoms with Crippen LogP contribution < -0.4 is 5.32 Å². The Balaban J connectivity index is 1.52. The summed E-state index contributed by atoms with van der Waals surface area (Å²) in [5.74, 6) is 0.269. The molecule has 0 aliphatic heterocycles. The maximum atomic E-state index is 12.5. The van der Waals surface area contributed by atoms with Gasteiger partial charge in [-0.1, -0.05) is 60.1 Å². The topological polar surface area (TPSA) is 46.9 Å². The Morgan fingerprint density at radius 2 is 1.84 bits per heavy atom. The Bertz CT molecular complexity index is 1040. The van der Waals surface area contributed by atoms with Crippen LogP contribution in [0.2, 0.25) is 5.02 Å². The average molecular weight is 368 g/mol. The first-order valence-corrected chi connectivity index (χ1v) is 8.96. The van der Waals surface area contributed by atoms with Crippen LogP contribution in [0, 0.1) is 0 Å². The van der Waals surface area contributed by atoms with Crippen molar-refractivity contribution in [2.24, 2.45) is 0 Å². The van der Waals surface area contributed by atoms with Crippen LogP contribution in [-0.2, 0) is 6.54 Å². The van der Waals surface area contributed by atoms with Crippen LogP contribution in [0.15, 0.2) is 66.9 Å². The van der Waals surface area contributed by atoms with Crippen molar-refractivity contribution in [3.8, 4) is 0 Å². The molecule has 1 amide bonds. The third kappa shape index (κ3) is 3.29. The third-order valence-electron chi connectivity index (χ3n) is 3.81. The lowest BCUT2D eigenvalue weighted by Gasteiger charge is -2.02. The van der Waals surface area contributed by atoms with Crippen molar-refractivity contribution in [2.75, 3.05) is 5.32 Å². The zero-order chi connectivity index (χ0) is 17.2. The molecule has 25 heavy (non-hydrogen) atoms. The van der Waals surface area contributed by atoms with Crippen molar-refractivity contribution >= 4 is 44.7 Å². The van der Waals surface area contributed by atoms with Crippen LogP contribution in [0.25, 0.3) is 10.1 Å². The van der Waals surface area contributed by atoms with Gasteiger partial charge in [0.2, 0.25) is 0 Å². The molecule has 124 valence electrons. The molecular weight excluding hydrogens is 354 g/mol. The number of aromatic nitrogens is 2. The monoisotopic (exact) mass is 367 g/mol. The SMILES string of the molecule is O=C(Nc1ccn(Cc2ccccc2)n1)c1sc2ccccc2c1Cl. The lowest BCUT2D eigenvalue weighted by molar-refractivity contribution is 0.103. The molecule has 0 aliphatic rings. The van der Waals surface area contributed by atoms with Gasteiger partial charge >= 0.3 is 0 Å². The molecule has 0 aliphatic carbocycles. The number of benzene rings is 2. The number of carbonyl (C=O) groups is 1. The summed E-state index contributed by atoms with van der Waals surface area (Å²) in [6.45, 7) is 0.653. The summed E-state index contributed by atoms with van der Waals surface area (Å²) >= 11 is 7.74. The zero-order valence-corrected chi connectivity index (χ0v) is 14.7.